The van der Waals surface area contributed by atoms with Crippen molar-refractivity contribution in [1.29, 1.82) is 0 Å². The van der Waals surface area contributed by atoms with Crippen molar-refractivity contribution in [3.63, 3.8) is 0 Å². The van der Waals surface area contributed by atoms with Crippen molar-refractivity contribution in [2.45, 2.75) is 26.2 Å². The molecule has 3 rings (SSSR count). The smallest absolute Gasteiger partial charge is 0.255 e. The highest BCUT2D eigenvalue weighted by Gasteiger charge is 2.14. The highest BCUT2D eigenvalue weighted by atomic mass is 35.5. The number of hydrogen-bond acceptors (Lipinski definition) is 3. The van der Waals surface area contributed by atoms with Gasteiger partial charge in [-0.15, -0.1) is 12.4 Å². The molecule has 24 heavy (non-hydrogen) atoms. The Morgan fingerprint density at radius 2 is 1.79 bits per heavy atom. The molecule has 0 spiro atoms. The maximum Gasteiger partial charge on any atom is 0.255 e. The number of hydrogen-bond donors (Lipinski definition) is 3. The van der Waals surface area contributed by atoms with Gasteiger partial charge in [-0.2, -0.15) is 0 Å². The average Bonchev–Trinajstić information content (AvgIpc) is 2.86. The summed E-state index contributed by atoms with van der Waals surface area (Å²) in [5.74, 6) is 0.221. The van der Waals surface area contributed by atoms with Gasteiger partial charge in [0.1, 0.15) is 0 Å². The van der Waals surface area contributed by atoms with Gasteiger partial charge in [-0.3, -0.25) is 4.79 Å². The molecule has 0 bridgehead atoms. The molecule has 0 saturated heterocycles. The number of rotatable bonds is 2. The summed E-state index contributed by atoms with van der Waals surface area (Å²) in [4.78, 5) is 19.4. The molecule has 0 atom stereocenters. The summed E-state index contributed by atoms with van der Waals surface area (Å²) in [7, 11) is 0. The Morgan fingerprint density at radius 1 is 1.12 bits per heavy atom. The molecule has 126 valence electrons. The summed E-state index contributed by atoms with van der Waals surface area (Å²) in [5, 5.41) is 2.89. The second-order valence-corrected chi connectivity index (χ2v) is 6.64. The van der Waals surface area contributed by atoms with Gasteiger partial charge in [-0.25, -0.2) is 4.98 Å². The highest BCUT2D eigenvalue weighted by Crippen LogP contribution is 2.23. The third kappa shape index (κ3) is 3.68. The van der Waals surface area contributed by atoms with Gasteiger partial charge in [0.2, 0.25) is 0 Å². The number of nitrogen functional groups attached to an aromatic ring is 1. The van der Waals surface area contributed by atoms with E-state index in [-0.39, 0.29) is 23.7 Å². The average molecular weight is 345 g/mol. The second-order valence-electron chi connectivity index (χ2n) is 6.64. The first kappa shape index (κ1) is 17.8. The molecular weight excluding hydrogens is 324 g/mol. The third-order valence-corrected chi connectivity index (χ3v) is 3.77. The lowest BCUT2D eigenvalue weighted by Gasteiger charge is -2.19. The number of anilines is 2. The number of H-pyrrole nitrogens is 1. The van der Waals surface area contributed by atoms with Gasteiger partial charge < -0.3 is 16.0 Å². The molecular formula is C18H21ClN4O. The fraction of sp³-hybridized carbons (Fsp3) is 0.222. The van der Waals surface area contributed by atoms with E-state index in [1.54, 1.807) is 0 Å². The van der Waals surface area contributed by atoms with Crippen molar-refractivity contribution in [1.82, 2.24) is 9.97 Å². The predicted molar refractivity (Wildman–Crippen MR) is 101 cm³/mol. The van der Waals surface area contributed by atoms with Crippen LogP contribution in [0.4, 0.5) is 11.6 Å². The molecule has 0 radical (unpaired) electrons. The van der Waals surface area contributed by atoms with E-state index in [4.69, 9.17) is 5.73 Å². The molecule has 2 aromatic carbocycles. The van der Waals surface area contributed by atoms with Crippen LogP contribution in [-0.2, 0) is 5.41 Å². The molecule has 0 unspecified atom stereocenters. The number of nitrogens with two attached hydrogens (primary N) is 1. The quantitative estimate of drug-likeness (QED) is 0.654. The first-order valence-electron chi connectivity index (χ1n) is 7.50. The predicted octanol–water partition coefficient (Wildman–Crippen LogP) is 4.12. The molecule has 0 aliphatic rings. The summed E-state index contributed by atoms with van der Waals surface area (Å²) < 4.78 is 0. The summed E-state index contributed by atoms with van der Waals surface area (Å²) >= 11 is 0. The molecule has 3 aromatic rings. The molecule has 1 aromatic heterocycles. The third-order valence-electron chi connectivity index (χ3n) is 3.77. The van der Waals surface area contributed by atoms with E-state index >= 15 is 0 Å². The van der Waals surface area contributed by atoms with Crippen LogP contribution in [0.5, 0.6) is 0 Å². The van der Waals surface area contributed by atoms with Gasteiger partial charge in [0.15, 0.2) is 5.95 Å². The number of fused-ring (bicyclic) bond motifs is 1. The number of aromatic amines is 1. The summed E-state index contributed by atoms with van der Waals surface area (Å²) in [6, 6.07) is 13.1. The van der Waals surface area contributed by atoms with E-state index in [9.17, 15) is 4.79 Å². The van der Waals surface area contributed by atoms with Crippen molar-refractivity contribution >= 4 is 41.0 Å². The van der Waals surface area contributed by atoms with Gasteiger partial charge >= 0.3 is 0 Å². The number of amides is 1. The highest BCUT2D eigenvalue weighted by molar-refractivity contribution is 6.05. The molecule has 0 aliphatic carbocycles. The number of imidazole rings is 1. The van der Waals surface area contributed by atoms with Crippen molar-refractivity contribution in [3.05, 3.63) is 53.6 Å². The Hall–Kier alpha value is -2.53. The van der Waals surface area contributed by atoms with E-state index < -0.39 is 0 Å². The van der Waals surface area contributed by atoms with Crippen molar-refractivity contribution in [2.75, 3.05) is 11.1 Å². The van der Waals surface area contributed by atoms with E-state index in [0.29, 0.717) is 17.2 Å². The van der Waals surface area contributed by atoms with E-state index in [0.717, 1.165) is 11.0 Å². The van der Waals surface area contributed by atoms with Gasteiger partial charge in [-0.1, -0.05) is 32.9 Å². The van der Waals surface area contributed by atoms with Gasteiger partial charge in [0.25, 0.3) is 5.91 Å². The van der Waals surface area contributed by atoms with Gasteiger partial charge in [-0.05, 0) is 41.3 Å². The van der Waals surface area contributed by atoms with Crippen LogP contribution in [-0.4, -0.2) is 15.9 Å². The summed E-state index contributed by atoms with van der Waals surface area (Å²) in [6.07, 6.45) is 0. The van der Waals surface area contributed by atoms with Gasteiger partial charge in [0.05, 0.1) is 11.0 Å². The fourth-order valence-electron chi connectivity index (χ4n) is 2.43. The van der Waals surface area contributed by atoms with Crippen LogP contribution in [0.25, 0.3) is 11.0 Å². The number of nitrogens with one attached hydrogen (secondary N) is 2. The Labute approximate surface area is 147 Å². The molecule has 0 aliphatic heterocycles. The molecule has 1 heterocycles. The number of benzene rings is 2. The normalized spacial score (nSPS) is 11.1. The number of aromatic nitrogens is 2. The minimum Gasteiger partial charge on any atom is -0.369 e. The SMILES string of the molecule is CC(C)(C)c1ccc(C(=O)Nc2ccc3nc(N)[nH]c3c2)cc1.Cl. The Balaban J connectivity index is 0.00000208. The maximum atomic E-state index is 12.4. The molecule has 4 N–H and O–H groups in total. The van der Waals surface area contributed by atoms with Crippen LogP contribution in [0.3, 0.4) is 0 Å². The number of carbonyl (C=O) groups is 1. The number of halogens is 1. The lowest BCUT2D eigenvalue weighted by molar-refractivity contribution is 0.102. The number of nitrogens with zero attached hydrogens (tertiary/aromatic N) is 1. The minimum absolute atomic E-state index is 0. The Bertz CT molecular complexity index is 863. The van der Waals surface area contributed by atoms with Crippen LogP contribution < -0.4 is 11.1 Å². The summed E-state index contributed by atoms with van der Waals surface area (Å²) in [5.41, 5.74) is 9.79. The Kier molecular flexibility index (Phi) is 4.85. The van der Waals surface area contributed by atoms with Gasteiger partial charge in [0, 0.05) is 11.3 Å². The molecule has 0 fully saturated rings. The first-order chi connectivity index (χ1) is 10.8. The van der Waals surface area contributed by atoms with Crippen LogP contribution >= 0.6 is 12.4 Å². The zero-order chi connectivity index (χ0) is 16.6. The van der Waals surface area contributed by atoms with Crippen LogP contribution in [0.1, 0.15) is 36.7 Å². The summed E-state index contributed by atoms with van der Waals surface area (Å²) in [6.45, 7) is 6.44. The molecule has 5 nitrogen and oxygen atoms in total. The van der Waals surface area contributed by atoms with Crippen LogP contribution in [0, 0.1) is 0 Å². The van der Waals surface area contributed by atoms with Crippen LogP contribution in [0.2, 0.25) is 0 Å². The van der Waals surface area contributed by atoms with E-state index in [2.05, 4.69) is 36.1 Å². The lowest BCUT2D eigenvalue weighted by atomic mass is 9.87. The topological polar surface area (TPSA) is 83.8 Å². The second kappa shape index (κ2) is 6.53. The van der Waals surface area contributed by atoms with E-state index in [1.807, 2.05) is 42.5 Å². The van der Waals surface area contributed by atoms with Crippen molar-refractivity contribution in [3.8, 4) is 0 Å². The molecule has 6 heteroatoms. The van der Waals surface area contributed by atoms with Crippen LogP contribution in [0.15, 0.2) is 42.5 Å². The van der Waals surface area contributed by atoms with Crippen molar-refractivity contribution < 1.29 is 4.79 Å². The zero-order valence-corrected chi connectivity index (χ0v) is 14.7. The first-order valence-corrected chi connectivity index (χ1v) is 7.50. The maximum absolute atomic E-state index is 12.4. The zero-order valence-electron chi connectivity index (χ0n) is 13.9. The fourth-order valence-corrected chi connectivity index (χ4v) is 2.43. The largest absolute Gasteiger partial charge is 0.369 e. The number of carbonyl (C=O) groups excluding carboxylic acids is 1. The standard InChI is InChI=1S/C18H20N4O.ClH/c1-18(2,3)12-6-4-11(5-7-12)16(23)20-13-8-9-14-15(10-13)22-17(19)21-14;/h4-10H,1-3H3,(H,20,23)(H3,19,21,22);1H. The van der Waals surface area contributed by atoms with E-state index in [1.165, 1.54) is 5.56 Å². The minimum atomic E-state index is -0.141. The monoisotopic (exact) mass is 344 g/mol. The lowest BCUT2D eigenvalue weighted by Crippen LogP contribution is -2.14. The molecule has 0 saturated carbocycles. The van der Waals surface area contributed by atoms with Crippen molar-refractivity contribution in [2.24, 2.45) is 0 Å². The molecule has 1 amide bonds. The Morgan fingerprint density at radius 3 is 2.42 bits per heavy atom.